The van der Waals surface area contributed by atoms with Crippen molar-refractivity contribution < 1.29 is 19.4 Å². The maximum absolute atomic E-state index is 11.4. The fourth-order valence-electron chi connectivity index (χ4n) is 5.67. The molecular formula is C32H38N4O4. The molecule has 0 radical (unpaired) electrons. The Labute approximate surface area is 236 Å². The molecular weight excluding hydrogens is 504 g/mol. The number of carboxylic acid groups (broad SMARTS) is 1. The minimum absolute atomic E-state index is 0.0255. The number of aryl methyl sites for hydroxylation is 1. The summed E-state index contributed by atoms with van der Waals surface area (Å²) in [7, 11) is 0. The van der Waals surface area contributed by atoms with Crippen molar-refractivity contribution in [1.82, 2.24) is 14.5 Å². The molecule has 0 amide bonds. The lowest BCUT2D eigenvalue weighted by atomic mass is 9.95. The summed E-state index contributed by atoms with van der Waals surface area (Å²) in [6, 6.07) is 13.5. The van der Waals surface area contributed by atoms with Gasteiger partial charge in [-0.3, -0.25) is 9.47 Å². The summed E-state index contributed by atoms with van der Waals surface area (Å²) in [5.74, 6) is 0.332. The number of imidazole rings is 1. The van der Waals surface area contributed by atoms with Crippen molar-refractivity contribution in [2.24, 2.45) is 4.99 Å². The first-order valence-electron chi connectivity index (χ1n) is 14.0. The van der Waals surface area contributed by atoms with Crippen molar-refractivity contribution in [2.45, 2.75) is 66.2 Å². The average molecular weight is 543 g/mol. The highest BCUT2D eigenvalue weighted by Crippen LogP contribution is 2.30. The topological polar surface area (TPSA) is 89.2 Å². The van der Waals surface area contributed by atoms with Crippen molar-refractivity contribution in [3.8, 4) is 5.75 Å². The van der Waals surface area contributed by atoms with Crippen LogP contribution in [-0.2, 0) is 24.3 Å². The molecule has 8 heteroatoms. The van der Waals surface area contributed by atoms with Crippen LogP contribution in [-0.4, -0.2) is 57.2 Å². The molecule has 1 aromatic heterocycles. The monoisotopic (exact) mass is 542 g/mol. The molecule has 3 heterocycles. The summed E-state index contributed by atoms with van der Waals surface area (Å²) in [6.07, 6.45) is 6.76. The number of allylic oxidation sites excluding steroid dienone is 1. The highest BCUT2D eigenvalue weighted by molar-refractivity contribution is 5.92. The van der Waals surface area contributed by atoms with E-state index in [0.29, 0.717) is 24.2 Å². The quantitative estimate of drug-likeness (QED) is 0.307. The number of ether oxygens (including phenoxy) is 2. The van der Waals surface area contributed by atoms with Gasteiger partial charge in [0, 0.05) is 37.9 Å². The molecule has 2 aliphatic rings. The summed E-state index contributed by atoms with van der Waals surface area (Å²) in [5.41, 5.74) is 7.29. The third kappa shape index (κ3) is 6.03. The number of aliphatic imine (C=N–C) groups is 1. The smallest absolute Gasteiger partial charge is 0.356 e. The Morgan fingerprint density at radius 2 is 1.98 bits per heavy atom. The van der Waals surface area contributed by atoms with Crippen LogP contribution < -0.4 is 4.74 Å². The first-order valence-corrected chi connectivity index (χ1v) is 14.0. The van der Waals surface area contributed by atoms with Gasteiger partial charge < -0.3 is 14.6 Å². The molecule has 1 N–H and O–H groups in total. The van der Waals surface area contributed by atoms with Crippen LogP contribution in [0.15, 0.2) is 53.8 Å². The highest BCUT2D eigenvalue weighted by Gasteiger charge is 2.25. The van der Waals surface area contributed by atoms with Gasteiger partial charge in [-0.25, -0.2) is 14.8 Å². The van der Waals surface area contributed by atoms with E-state index in [1.807, 2.05) is 39.0 Å². The number of fused-ring (bicyclic) bond motifs is 1. The molecule has 0 atom stereocenters. The third-order valence-corrected chi connectivity index (χ3v) is 7.94. The fraction of sp³-hybridized carbons (Fsp3) is 0.406. The molecule has 5 rings (SSSR count). The molecule has 0 spiro atoms. The van der Waals surface area contributed by atoms with Crippen LogP contribution in [0.1, 0.15) is 70.7 Å². The number of carboxylic acids is 1. The van der Waals surface area contributed by atoms with E-state index in [1.54, 1.807) is 11.5 Å². The van der Waals surface area contributed by atoms with Gasteiger partial charge in [-0.05, 0) is 75.8 Å². The van der Waals surface area contributed by atoms with Gasteiger partial charge >= 0.3 is 5.97 Å². The molecule has 210 valence electrons. The van der Waals surface area contributed by atoms with E-state index in [0.717, 1.165) is 73.7 Å². The number of hydrogen-bond donors (Lipinski definition) is 1. The number of aromatic carboxylic acids is 1. The number of nitrogens with zero attached hydrogens (tertiary/aromatic N) is 4. The fourth-order valence-corrected chi connectivity index (χ4v) is 5.67. The summed E-state index contributed by atoms with van der Waals surface area (Å²) >= 11 is 0. The van der Waals surface area contributed by atoms with E-state index in [4.69, 9.17) is 14.5 Å². The first-order chi connectivity index (χ1) is 19.3. The molecule has 0 bridgehead atoms. The van der Waals surface area contributed by atoms with E-state index >= 15 is 0 Å². The van der Waals surface area contributed by atoms with E-state index in [1.165, 1.54) is 17.5 Å². The first kappa shape index (κ1) is 27.8. The van der Waals surface area contributed by atoms with Crippen molar-refractivity contribution in [3.63, 3.8) is 0 Å². The second-order valence-electron chi connectivity index (χ2n) is 10.6. The van der Waals surface area contributed by atoms with Gasteiger partial charge in [0.2, 0.25) is 0 Å². The molecule has 0 unspecified atom stereocenters. The molecule has 1 saturated heterocycles. The lowest BCUT2D eigenvalue weighted by Gasteiger charge is -2.37. The Bertz CT molecular complexity index is 1450. The Morgan fingerprint density at radius 1 is 1.18 bits per heavy atom. The summed E-state index contributed by atoms with van der Waals surface area (Å²) in [4.78, 5) is 22.9. The molecule has 2 aromatic carbocycles. The van der Waals surface area contributed by atoms with Gasteiger partial charge in [-0.15, -0.1) is 0 Å². The van der Waals surface area contributed by atoms with Crippen LogP contribution in [0.5, 0.6) is 5.75 Å². The zero-order valence-electron chi connectivity index (χ0n) is 23.8. The lowest BCUT2D eigenvalue weighted by Crippen LogP contribution is -2.42. The molecule has 0 saturated carbocycles. The highest BCUT2D eigenvalue weighted by atomic mass is 16.5. The van der Waals surface area contributed by atoms with Gasteiger partial charge in [0.1, 0.15) is 24.5 Å². The third-order valence-electron chi connectivity index (χ3n) is 7.94. The largest absolute Gasteiger partial charge is 0.488 e. The predicted octanol–water partition coefficient (Wildman–Crippen LogP) is 5.64. The van der Waals surface area contributed by atoms with Crippen LogP contribution >= 0.6 is 0 Å². The number of aromatic nitrogens is 2. The summed E-state index contributed by atoms with van der Waals surface area (Å²) < 4.78 is 13.6. The second-order valence-corrected chi connectivity index (χ2v) is 10.6. The van der Waals surface area contributed by atoms with Gasteiger partial charge in [-0.1, -0.05) is 35.9 Å². The van der Waals surface area contributed by atoms with E-state index in [2.05, 4.69) is 34.1 Å². The van der Waals surface area contributed by atoms with Crippen molar-refractivity contribution in [3.05, 3.63) is 88.0 Å². The van der Waals surface area contributed by atoms with Gasteiger partial charge in [0.05, 0.1) is 11.4 Å². The Kier molecular flexibility index (Phi) is 8.47. The Hall–Kier alpha value is -3.75. The standard InChI is InChI=1S/C32H38N4O4/c1-5-29(34-23(4)36-20-33-31(22(36)3)32(37)38)28-16-21(2)6-9-30(28)40-19-24-7-8-26-18-35(13-10-25(26)17-24)27-11-14-39-15-12-27/h5-9,16-17,20,27H,10-15,18-19H2,1-4H3,(H,37,38). The van der Waals surface area contributed by atoms with Gasteiger partial charge in [0.15, 0.2) is 5.69 Å². The van der Waals surface area contributed by atoms with Crippen LogP contribution in [0.4, 0.5) is 0 Å². The van der Waals surface area contributed by atoms with Crippen molar-refractivity contribution >= 4 is 17.5 Å². The Balaban J connectivity index is 1.32. The van der Waals surface area contributed by atoms with Crippen LogP contribution in [0.25, 0.3) is 5.70 Å². The number of hydrogen-bond acceptors (Lipinski definition) is 6. The molecule has 3 aromatic rings. The minimum Gasteiger partial charge on any atom is -0.488 e. The summed E-state index contributed by atoms with van der Waals surface area (Å²) in [6.45, 7) is 11.9. The van der Waals surface area contributed by atoms with E-state index in [9.17, 15) is 9.90 Å². The number of benzene rings is 2. The number of rotatable bonds is 7. The maximum Gasteiger partial charge on any atom is 0.356 e. The lowest BCUT2D eigenvalue weighted by molar-refractivity contribution is 0.0290. The molecule has 0 aliphatic carbocycles. The van der Waals surface area contributed by atoms with Gasteiger partial charge in [-0.2, -0.15) is 0 Å². The second kappa shape index (κ2) is 12.2. The van der Waals surface area contributed by atoms with E-state index in [-0.39, 0.29) is 5.69 Å². The predicted molar refractivity (Wildman–Crippen MR) is 156 cm³/mol. The SMILES string of the molecule is CC=C(N=C(C)n1cnc(C(=O)O)c1C)c1cc(C)ccc1OCc1ccc2c(c1)CCN(C1CCOCC1)C2. The zero-order chi connectivity index (χ0) is 28.2. The molecule has 2 aliphatic heterocycles. The van der Waals surface area contributed by atoms with Crippen LogP contribution in [0, 0.1) is 13.8 Å². The minimum atomic E-state index is -1.05. The molecule has 1 fully saturated rings. The van der Waals surface area contributed by atoms with Crippen molar-refractivity contribution in [1.29, 1.82) is 0 Å². The Morgan fingerprint density at radius 3 is 2.70 bits per heavy atom. The van der Waals surface area contributed by atoms with Crippen LogP contribution in [0.2, 0.25) is 0 Å². The number of carbonyl (C=O) groups is 1. The summed E-state index contributed by atoms with van der Waals surface area (Å²) in [5, 5.41) is 9.37. The maximum atomic E-state index is 11.4. The zero-order valence-corrected chi connectivity index (χ0v) is 23.8. The molecule has 40 heavy (non-hydrogen) atoms. The van der Waals surface area contributed by atoms with Crippen molar-refractivity contribution in [2.75, 3.05) is 19.8 Å². The van der Waals surface area contributed by atoms with E-state index < -0.39 is 5.97 Å². The van der Waals surface area contributed by atoms with Crippen LogP contribution in [0.3, 0.4) is 0 Å². The normalized spacial score (nSPS) is 17.1. The molecule has 8 nitrogen and oxygen atoms in total. The van der Waals surface area contributed by atoms with Gasteiger partial charge in [0.25, 0.3) is 0 Å². The average Bonchev–Trinajstić information content (AvgIpc) is 3.37.